The van der Waals surface area contributed by atoms with Crippen molar-refractivity contribution in [2.75, 3.05) is 37.7 Å². The van der Waals surface area contributed by atoms with E-state index in [1.807, 2.05) is 68.1 Å². The summed E-state index contributed by atoms with van der Waals surface area (Å²) in [6.45, 7) is 8.81. The van der Waals surface area contributed by atoms with Crippen LogP contribution in [0.4, 0.5) is 5.82 Å². The van der Waals surface area contributed by atoms with Gasteiger partial charge in [-0.25, -0.2) is 9.97 Å². The molecule has 0 aliphatic carbocycles. The molecule has 6 nitrogen and oxygen atoms in total. The molecule has 1 amide bonds. The molecule has 0 unspecified atom stereocenters. The molecule has 1 aromatic heterocycles. The Morgan fingerprint density at radius 3 is 2.42 bits per heavy atom. The second-order valence-electron chi connectivity index (χ2n) is 7.88. The van der Waals surface area contributed by atoms with Gasteiger partial charge >= 0.3 is 0 Å². The summed E-state index contributed by atoms with van der Waals surface area (Å²) in [6, 6.07) is 18.1. The summed E-state index contributed by atoms with van der Waals surface area (Å²) in [5, 5.41) is 0. The molecule has 0 atom stereocenters. The first-order chi connectivity index (χ1) is 15.0. The molecule has 160 valence electrons. The third kappa shape index (κ3) is 4.85. The predicted octanol–water partition coefficient (Wildman–Crippen LogP) is 3.80. The van der Waals surface area contributed by atoms with Crippen LogP contribution in [0, 0.1) is 20.8 Å². The minimum absolute atomic E-state index is 0.0180. The third-order valence-electron chi connectivity index (χ3n) is 5.76. The van der Waals surface area contributed by atoms with E-state index >= 15 is 0 Å². The molecule has 0 saturated carbocycles. The highest BCUT2D eigenvalue weighted by Gasteiger charge is 2.23. The summed E-state index contributed by atoms with van der Waals surface area (Å²) in [7, 11) is 0. The molecule has 1 fully saturated rings. The SMILES string of the molecule is Cc1nc(-c2ccccc2)cc(N2CCN(C(=O)COc3cccc(C)c3C)CC2)n1. The van der Waals surface area contributed by atoms with Crippen molar-refractivity contribution in [3.05, 3.63) is 71.5 Å². The first-order valence-electron chi connectivity index (χ1n) is 10.6. The van der Waals surface area contributed by atoms with E-state index in [2.05, 4.69) is 27.0 Å². The smallest absolute Gasteiger partial charge is 0.260 e. The number of benzene rings is 2. The fourth-order valence-corrected chi connectivity index (χ4v) is 3.77. The van der Waals surface area contributed by atoms with Crippen LogP contribution in [0.2, 0.25) is 0 Å². The fraction of sp³-hybridized carbons (Fsp3) is 0.320. The van der Waals surface area contributed by atoms with Crippen LogP contribution in [0.15, 0.2) is 54.6 Å². The zero-order valence-electron chi connectivity index (χ0n) is 18.3. The van der Waals surface area contributed by atoms with Crippen molar-refractivity contribution in [3.8, 4) is 17.0 Å². The third-order valence-corrected chi connectivity index (χ3v) is 5.76. The average Bonchev–Trinajstić information content (AvgIpc) is 2.80. The molecule has 2 aromatic carbocycles. The lowest BCUT2D eigenvalue weighted by Gasteiger charge is -2.35. The number of rotatable bonds is 5. The topological polar surface area (TPSA) is 58.6 Å². The van der Waals surface area contributed by atoms with Gasteiger partial charge in [0.1, 0.15) is 17.4 Å². The summed E-state index contributed by atoms with van der Waals surface area (Å²) >= 11 is 0. The quantitative estimate of drug-likeness (QED) is 0.633. The van der Waals surface area contributed by atoms with Gasteiger partial charge in [-0.3, -0.25) is 4.79 Å². The van der Waals surface area contributed by atoms with Crippen LogP contribution in [-0.4, -0.2) is 53.6 Å². The number of anilines is 1. The van der Waals surface area contributed by atoms with Crippen LogP contribution in [0.5, 0.6) is 5.75 Å². The van der Waals surface area contributed by atoms with Gasteiger partial charge in [0.15, 0.2) is 6.61 Å². The number of aromatic nitrogens is 2. The molecule has 4 rings (SSSR count). The number of hydrogen-bond donors (Lipinski definition) is 0. The van der Waals surface area contributed by atoms with Crippen LogP contribution in [0.3, 0.4) is 0 Å². The van der Waals surface area contributed by atoms with Crippen molar-refractivity contribution in [3.63, 3.8) is 0 Å². The number of amides is 1. The maximum Gasteiger partial charge on any atom is 0.260 e. The van der Waals surface area contributed by atoms with Gasteiger partial charge in [-0.2, -0.15) is 0 Å². The minimum atomic E-state index is 0.0180. The number of nitrogens with zero attached hydrogens (tertiary/aromatic N) is 4. The molecule has 0 radical (unpaired) electrons. The Morgan fingerprint density at radius 1 is 0.935 bits per heavy atom. The molecule has 0 N–H and O–H groups in total. The molecular formula is C25H28N4O2. The van der Waals surface area contributed by atoms with E-state index in [-0.39, 0.29) is 12.5 Å². The summed E-state index contributed by atoms with van der Waals surface area (Å²) in [6.07, 6.45) is 0. The first kappa shape index (κ1) is 20.8. The van der Waals surface area contributed by atoms with Crippen molar-refractivity contribution in [2.24, 2.45) is 0 Å². The Hall–Kier alpha value is -3.41. The van der Waals surface area contributed by atoms with Crippen molar-refractivity contribution in [2.45, 2.75) is 20.8 Å². The van der Waals surface area contributed by atoms with Gasteiger partial charge in [0.25, 0.3) is 5.91 Å². The Balaban J connectivity index is 1.37. The van der Waals surface area contributed by atoms with Crippen molar-refractivity contribution < 1.29 is 9.53 Å². The first-order valence-corrected chi connectivity index (χ1v) is 10.6. The second kappa shape index (κ2) is 9.16. The van der Waals surface area contributed by atoms with E-state index in [4.69, 9.17) is 4.74 Å². The molecule has 1 aliphatic rings. The largest absolute Gasteiger partial charge is 0.483 e. The van der Waals surface area contributed by atoms with Crippen molar-refractivity contribution >= 4 is 11.7 Å². The maximum absolute atomic E-state index is 12.7. The summed E-state index contributed by atoms with van der Waals surface area (Å²) in [4.78, 5) is 26.0. The van der Waals surface area contributed by atoms with Gasteiger partial charge in [0, 0.05) is 37.8 Å². The van der Waals surface area contributed by atoms with Gasteiger partial charge in [0.05, 0.1) is 5.69 Å². The normalized spacial score (nSPS) is 13.9. The van der Waals surface area contributed by atoms with Crippen LogP contribution in [0.25, 0.3) is 11.3 Å². The monoisotopic (exact) mass is 416 g/mol. The lowest BCUT2D eigenvalue weighted by molar-refractivity contribution is -0.133. The lowest BCUT2D eigenvalue weighted by Crippen LogP contribution is -2.50. The van der Waals surface area contributed by atoms with Crippen molar-refractivity contribution in [1.29, 1.82) is 0 Å². The van der Waals surface area contributed by atoms with Gasteiger partial charge in [-0.1, -0.05) is 42.5 Å². The van der Waals surface area contributed by atoms with E-state index in [0.29, 0.717) is 13.1 Å². The Kier molecular flexibility index (Phi) is 6.16. The minimum Gasteiger partial charge on any atom is -0.483 e. The van der Waals surface area contributed by atoms with Gasteiger partial charge in [0.2, 0.25) is 0 Å². The number of hydrogen-bond acceptors (Lipinski definition) is 5. The van der Waals surface area contributed by atoms with Crippen LogP contribution >= 0.6 is 0 Å². The van der Waals surface area contributed by atoms with E-state index in [9.17, 15) is 4.79 Å². The molecule has 3 aromatic rings. The molecule has 6 heteroatoms. The maximum atomic E-state index is 12.7. The van der Waals surface area contributed by atoms with Gasteiger partial charge < -0.3 is 14.5 Å². The second-order valence-corrected chi connectivity index (χ2v) is 7.88. The number of piperazine rings is 1. The molecule has 31 heavy (non-hydrogen) atoms. The molecule has 1 aliphatic heterocycles. The van der Waals surface area contributed by atoms with E-state index in [0.717, 1.165) is 52.9 Å². The highest BCUT2D eigenvalue weighted by atomic mass is 16.5. The van der Waals surface area contributed by atoms with Crippen molar-refractivity contribution in [1.82, 2.24) is 14.9 Å². The molecule has 0 spiro atoms. The Labute approximate surface area is 183 Å². The zero-order valence-corrected chi connectivity index (χ0v) is 18.3. The number of carbonyl (C=O) groups excluding carboxylic acids is 1. The number of aryl methyl sites for hydroxylation is 2. The Morgan fingerprint density at radius 2 is 1.68 bits per heavy atom. The lowest BCUT2D eigenvalue weighted by atomic mass is 10.1. The Bertz CT molecular complexity index is 1060. The number of ether oxygens (including phenoxy) is 1. The molecular weight excluding hydrogens is 388 g/mol. The summed E-state index contributed by atoms with van der Waals surface area (Å²) in [5.41, 5.74) is 4.23. The standard InChI is InChI=1S/C25H28N4O2/c1-18-8-7-11-23(19(18)2)31-17-25(30)29-14-12-28(13-15-29)24-16-22(26-20(3)27-24)21-9-5-4-6-10-21/h4-11,16H,12-15,17H2,1-3H3. The fourth-order valence-electron chi connectivity index (χ4n) is 3.77. The summed E-state index contributed by atoms with van der Waals surface area (Å²) < 4.78 is 5.80. The van der Waals surface area contributed by atoms with Crippen LogP contribution in [-0.2, 0) is 4.79 Å². The highest BCUT2D eigenvalue weighted by Crippen LogP contribution is 2.23. The molecule has 1 saturated heterocycles. The molecule has 2 heterocycles. The van der Waals surface area contributed by atoms with E-state index in [1.54, 1.807) is 0 Å². The highest BCUT2D eigenvalue weighted by molar-refractivity contribution is 5.78. The number of carbonyl (C=O) groups is 1. The zero-order chi connectivity index (χ0) is 21.8. The predicted molar refractivity (Wildman–Crippen MR) is 122 cm³/mol. The van der Waals surface area contributed by atoms with Crippen LogP contribution in [0.1, 0.15) is 17.0 Å². The average molecular weight is 417 g/mol. The van der Waals surface area contributed by atoms with E-state index in [1.165, 1.54) is 0 Å². The molecule has 0 bridgehead atoms. The van der Waals surface area contributed by atoms with E-state index < -0.39 is 0 Å². The summed E-state index contributed by atoms with van der Waals surface area (Å²) in [5.74, 6) is 2.45. The van der Waals surface area contributed by atoms with Gasteiger partial charge in [-0.15, -0.1) is 0 Å². The van der Waals surface area contributed by atoms with Gasteiger partial charge in [-0.05, 0) is 38.0 Å². The van der Waals surface area contributed by atoms with Crippen LogP contribution < -0.4 is 9.64 Å².